The van der Waals surface area contributed by atoms with Crippen molar-refractivity contribution in [3.05, 3.63) is 93.5 Å². The van der Waals surface area contributed by atoms with Crippen molar-refractivity contribution in [2.75, 3.05) is 16.3 Å². The van der Waals surface area contributed by atoms with Crippen LogP contribution in [-0.2, 0) is 16.0 Å². The van der Waals surface area contributed by atoms with Crippen molar-refractivity contribution in [1.82, 2.24) is 0 Å². The lowest BCUT2D eigenvalue weighted by atomic mass is 9.84. The second-order valence-corrected chi connectivity index (χ2v) is 12.2. The molecule has 0 aliphatic carbocycles. The number of fused-ring (bicyclic) bond motifs is 1. The van der Waals surface area contributed by atoms with Gasteiger partial charge in [-0.3, -0.25) is 14.4 Å². The molecule has 4 rings (SSSR count). The number of aliphatic carboxylic acids is 1. The smallest absolute Gasteiger partial charge is 0.309 e. The number of aryl methyl sites for hydroxylation is 1. The fourth-order valence-corrected chi connectivity index (χ4v) is 5.75. The first-order chi connectivity index (χ1) is 19.4. The zero-order valence-corrected chi connectivity index (χ0v) is 25.4. The fraction of sp³-hybridized carbons (Fsp3) is 0.364. The molecule has 2 amide bonds. The maximum atomic E-state index is 13.9. The van der Waals surface area contributed by atoms with Crippen LogP contribution in [0.2, 0.25) is 10.0 Å². The third-order valence-electron chi connectivity index (χ3n) is 7.93. The van der Waals surface area contributed by atoms with Crippen LogP contribution in [0, 0.1) is 5.41 Å². The van der Waals surface area contributed by atoms with Gasteiger partial charge in [0.2, 0.25) is 5.91 Å². The maximum absolute atomic E-state index is 13.9. The lowest BCUT2D eigenvalue weighted by molar-refractivity contribution is -0.147. The van der Waals surface area contributed by atoms with Crippen molar-refractivity contribution in [3.8, 4) is 0 Å². The van der Waals surface area contributed by atoms with E-state index in [0.29, 0.717) is 40.7 Å². The lowest BCUT2D eigenvalue weighted by Gasteiger charge is -2.40. The summed E-state index contributed by atoms with van der Waals surface area (Å²) in [4.78, 5) is 42.6. The van der Waals surface area contributed by atoms with Gasteiger partial charge >= 0.3 is 5.97 Å². The zero-order chi connectivity index (χ0) is 29.9. The Labute approximate surface area is 251 Å². The highest BCUT2D eigenvalue weighted by atomic mass is 35.5. The number of nitrogens with zero attached hydrogens (tertiary/aromatic N) is 2. The number of carboxylic acids is 1. The quantitative estimate of drug-likeness (QED) is 0.272. The molecule has 1 N–H and O–H groups in total. The van der Waals surface area contributed by atoms with E-state index in [4.69, 9.17) is 23.2 Å². The second kappa shape index (κ2) is 12.7. The molecule has 1 aliphatic rings. The molecule has 0 aromatic heterocycles. The molecular weight excluding hydrogens is 559 g/mol. The molecule has 0 saturated carbocycles. The minimum atomic E-state index is -0.799. The van der Waals surface area contributed by atoms with Gasteiger partial charge in [-0.1, -0.05) is 35.3 Å². The summed E-state index contributed by atoms with van der Waals surface area (Å²) in [6.07, 6.45) is 2.50. The molecule has 3 aromatic carbocycles. The first-order valence-electron chi connectivity index (χ1n) is 13.9. The van der Waals surface area contributed by atoms with Crippen molar-refractivity contribution in [3.63, 3.8) is 0 Å². The van der Waals surface area contributed by atoms with Crippen molar-refractivity contribution >= 4 is 52.4 Å². The maximum Gasteiger partial charge on any atom is 0.309 e. The van der Waals surface area contributed by atoms with E-state index in [1.54, 1.807) is 47.9 Å². The topological polar surface area (TPSA) is 77.9 Å². The van der Waals surface area contributed by atoms with E-state index in [9.17, 15) is 19.5 Å². The Balaban J connectivity index is 1.56. The van der Waals surface area contributed by atoms with E-state index in [0.717, 1.165) is 29.7 Å². The molecule has 2 atom stereocenters. The predicted octanol–water partition coefficient (Wildman–Crippen LogP) is 8.00. The third-order valence-corrected chi connectivity index (χ3v) is 8.41. The summed E-state index contributed by atoms with van der Waals surface area (Å²) in [7, 11) is 0. The number of hydrogen-bond acceptors (Lipinski definition) is 3. The van der Waals surface area contributed by atoms with E-state index in [2.05, 4.69) is 0 Å². The molecular formula is C33H36Cl2N2O4. The van der Waals surface area contributed by atoms with Crippen LogP contribution < -0.4 is 9.80 Å². The minimum Gasteiger partial charge on any atom is -0.481 e. The molecule has 8 heteroatoms. The summed E-state index contributed by atoms with van der Waals surface area (Å²) in [6.45, 7) is 7.86. The van der Waals surface area contributed by atoms with Crippen LogP contribution in [0.4, 0.5) is 11.4 Å². The average molecular weight is 596 g/mol. The Morgan fingerprint density at radius 2 is 1.61 bits per heavy atom. The molecule has 0 bridgehead atoms. The van der Waals surface area contributed by atoms with Gasteiger partial charge in [0, 0.05) is 39.6 Å². The summed E-state index contributed by atoms with van der Waals surface area (Å²) in [6, 6.07) is 19.8. The van der Waals surface area contributed by atoms with Crippen LogP contribution >= 0.6 is 23.2 Å². The molecule has 0 radical (unpaired) electrons. The van der Waals surface area contributed by atoms with Gasteiger partial charge in [-0.05, 0) is 119 Å². The predicted molar refractivity (Wildman–Crippen MR) is 165 cm³/mol. The molecule has 216 valence electrons. The Morgan fingerprint density at radius 3 is 2.22 bits per heavy atom. The van der Waals surface area contributed by atoms with Crippen LogP contribution in [0.25, 0.3) is 0 Å². The largest absolute Gasteiger partial charge is 0.481 e. The minimum absolute atomic E-state index is 0.0484. The average Bonchev–Trinajstić information content (AvgIpc) is 2.94. The highest BCUT2D eigenvalue weighted by Crippen LogP contribution is 2.42. The van der Waals surface area contributed by atoms with Gasteiger partial charge in [0.15, 0.2) is 0 Å². The highest BCUT2D eigenvalue weighted by Gasteiger charge is 2.39. The standard InChI is InChI=1S/C33H36Cl2N2O4/c1-5-36(26-15-12-24(34)13-16-26)31(39)28-19-21(2)37(29-17-14-25(35)20-27(28)29)30(38)23-10-8-22(9-11-23)7-6-18-33(3,4)32(40)41/h8-17,20-21,28H,5-7,18-19H2,1-4H3,(H,40,41)/t21-,28-/m0/s1. The van der Waals surface area contributed by atoms with Crippen LogP contribution in [0.5, 0.6) is 0 Å². The van der Waals surface area contributed by atoms with Gasteiger partial charge in [0.1, 0.15) is 0 Å². The monoisotopic (exact) mass is 594 g/mol. The summed E-state index contributed by atoms with van der Waals surface area (Å²) >= 11 is 12.5. The van der Waals surface area contributed by atoms with Gasteiger partial charge in [0.25, 0.3) is 5.91 Å². The number of likely N-dealkylation sites (N-methyl/N-ethyl adjacent to an activating group) is 1. The summed E-state index contributed by atoms with van der Waals surface area (Å²) in [5.41, 5.74) is 3.02. The summed E-state index contributed by atoms with van der Waals surface area (Å²) < 4.78 is 0. The van der Waals surface area contributed by atoms with E-state index < -0.39 is 17.3 Å². The van der Waals surface area contributed by atoms with Crippen molar-refractivity contribution in [1.29, 1.82) is 0 Å². The molecule has 1 aliphatic heterocycles. The van der Waals surface area contributed by atoms with E-state index in [1.807, 2.05) is 56.3 Å². The molecule has 0 fully saturated rings. The molecule has 0 unspecified atom stereocenters. The van der Waals surface area contributed by atoms with E-state index in [-0.39, 0.29) is 17.9 Å². The Hall–Kier alpha value is -3.35. The molecule has 3 aromatic rings. The normalized spacial score (nSPS) is 16.7. The number of anilines is 2. The molecule has 1 heterocycles. The van der Waals surface area contributed by atoms with Gasteiger partial charge in [0.05, 0.1) is 11.3 Å². The number of carboxylic acid groups (broad SMARTS) is 1. The number of benzene rings is 3. The number of hydrogen-bond donors (Lipinski definition) is 1. The Kier molecular flexibility index (Phi) is 9.45. The van der Waals surface area contributed by atoms with Crippen LogP contribution in [0.15, 0.2) is 66.7 Å². The van der Waals surface area contributed by atoms with Gasteiger partial charge in [-0.15, -0.1) is 0 Å². The van der Waals surface area contributed by atoms with E-state index in [1.165, 1.54) is 0 Å². The molecule has 6 nitrogen and oxygen atoms in total. The number of carbonyl (C=O) groups is 3. The third kappa shape index (κ3) is 6.77. The lowest BCUT2D eigenvalue weighted by Crippen LogP contribution is -2.46. The van der Waals surface area contributed by atoms with Gasteiger partial charge in [-0.25, -0.2) is 0 Å². The number of rotatable bonds is 9. The second-order valence-electron chi connectivity index (χ2n) is 11.3. The van der Waals surface area contributed by atoms with Crippen molar-refractivity contribution < 1.29 is 19.5 Å². The first kappa shape index (κ1) is 30.6. The van der Waals surface area contributed by atoms with Crippen molar-refractivity contribution in [2.24, 2.45) is 5.41 Å². The number of amides is 2. The van der Waals surface area contributed by atoms with Crippen LogP contribution in [0.1, 0.15) is 74.4 Å². The van der Waals surface area contributed by atoms with E-state index >= 15 is 0 Å². The summed E-state index contributed by atoms with van der Waals surface area (Å²) in [5, 5.41) is 10.4. The van der Waals surface area contributed by atoms with Gasteiger partial charge in [-0.2, -0.15) is 0 Å². The number of carbonyl (C=O) groups excluding carboxylic acids is 2. The highest BCUT2D eigenvalue weighted by molar-refractivity contribution is 6.31. The van der Waals surface area contributed by atoms with Gasteiger partial charge < -0.3 is 14.9 Å². The first-order valence-corrected chi connectivity index (χ1v) is 14.7. The fourth-order valence-electron chi connectivity index (χ4n) is 5.45. The molecule has 41 heavy (non-hydrogen) atoms. The van der Waals surface area contributed by atoms with Crippen LogP contribution in [0.3, 0.4) is 0 Å². The van der Waals surface area contributed by atoms with Crippen LogP contribution in [-0.4, -0.2) is 35.5 Å². The van der Waals surface area contributed by atoms with Crippen molar-refractivity contribution in [2.45, 2.75) is 65.3 Å². The Morgan fingerprint density at radius 1 is 0.976 bits per heavy atom. The SMILES string of the molecule is CCN(C(=O)[C@H]1C[C@H](C)N(C(=O)c2ccc(CCCC(C)(C)C(=O)O)cc2)c2ccc(Cl)cc21)c1ccc(Cl)cc1. The summed E-state index contributed by atoms with van der Waals surface area (Å²) in [5.74, 6) is -1.45. The molecule has 0 saturated heterocycles. The zero-order valence-electron chi connectivity index (χ0n) is 23.9. The number of halogens is 2. The Bertz CT molecular complexity index is 1420. The molecule has 0 spiro atoms.